The van der Waals surface area contributed by atoms with Crippen molar-refractivity contribution in [3.05, 3.63) is 60.2 Å². The molecule has 0 bridgehead atoms. The molecule has 2 aromatic rings. The van der Waals surface area contributed by atoms with Crippen LogP contribution in [-0.2, 0) is 6.54 Å². The highest BCUT2D eigenvalue weighted by atomic mass is 15.2. The van der Waals surface area contributed by atoms with Crippen molar-refractivity contribution in [2.45, 2.75) is 31.8 Å². The molecule has 110 valence electrons. The first-order chi connectivity index (χ1) is 10.4. The molecule has 2 N–H and O–H groups in total. The fourth-order valence-electron chi connectivity index (χ4n) is 3.20. The molecule has 1 unspecified atom stereocenters. The largest absolute Gasteiger partial charge is 0.329 e. The van der Waals surface area contributed by atoms with E-state index in [0.29, 0.717) is 6.04 Å². The summed E-state index contributed by atoms with van der Waals surface area (Å²) in [6.07, 6.45) is 3.88. The second-order valence-corrected chi connectivity index (χ2v) is 5.92. The molecule has 1 saturated heterocycles. The minimum atomic E-state index is 0.563. The van der Waals surface area contributed by atoms with E-state index >= 15 is 0 Å². The lowest BCUT2D eigenvalue weighted by atomic mass is 10.00. The van der Waals surface area contributed by atoms with Crippen LogP contribution in [0.3, 0.4) is 0 Å². The lowest BCUT2D eigenvalue weighted by molar-refractivity contribution is 0.145. The molecule has 0 radical (unpaired) electrons. The summed E-state index contributed by atoms with van der Waals surface area (Å²) in [6.45, 7) is 2.99. The van der Waals surface area contributed by atoms with E-state index in [1.165, 1.54) is 42.5 Å². The summed E-state index contributed by atoms with van der Waals surface area (Å²) in [7, 11) is 0. The number of rotatable bonds is 4. The van der Waals surface area contributed by atoms with Crippen molar-refractivity contribution in [3.8, 4) is 11.1 Å². The van der Waals surface area contributed by atoms with E-state index in [9.17, 15) is 0 Å². The van der Waals surface area contributed by atoms with Crippen molar-refractivity contribution in [2.75, 3.05) is 13.1 Å². The Kier molecular flexibility index (Phi) is 4.69. The lowest BCUT2D eigenvalue weighted by Crippen LogP contribution is -2.43. The van der Waals surface area contributed by atoms with Gasteiger partial charge in [0, 0.05) is 19.1 Å². The highest BCUT2D eigenvalue weighted by Gasteiger charge is 2.20. The van der Waals surface area contributed by atoms with Gasteiger partial charge in [-0.2, -0.15) is 0 Å². The van der Waals surface area contributed by atoms with Crippen LogP contribution in [0.1, 0.15) is 24.8 Å². The number of likely N-dealkylation sites (tertiary alicyclic amines) is 1. The molecule has 21 heavy (non-hydrogen) atoms. The van der Waals surface area contributed by atoms with Crippen molar-refractivity contribution in [1.82, 2.24) is 4.90 Å². The first kappa shape index (κ1) is 14.3. The molecular formula is C19H24N2. The van der Waals surface area contributed by atoms with Crippen molar-refractivity contribution in [3.63, 3.8) is 0 Å². The minimum Gasteiger partial charge on any atom is -0.329 e. The van der Waals surface area contributed by atoms with Crippen molar-refractivity contribution < 1.29 is 0 Å². The van der Waals surface area contributed by atoms with Crippen molar-refractivity contribution in [2.24, 2.45) is 5.73 Å². The van der Waals surface area contributed by atoms with Crippen LogP contribution in [0.25, 0.3) is 11.1 Å². The molecule has 2 heteroatoms. The van der Waals surface area contributed by atoms with Crippen LogP contribution in [0.4, 0.5) is 0 Å². The standard InChI is InChI=1S/C19H24N2/c20-14-19-8-4-5-13-21(19)15-16-9-11-18(12-10-16)17-6-2-1-3-7-17/h1-3,6-7,9-12,19H,4-5,8,13-15,20H2. The number of benzene rings is 2. The molecule has 0 amide bonds. The minimum absolute atomic E-state index is 0.563. The summed E-state index contributed by atoms with van der Waals surface area (Å²) in [4.78, 5) is 2.54. The van der Waals surface area contributed by atoms with E-state index in [4.69, 9.17) is 5.73 Å². The zero-order valence-corrected chi connectivity index (χ0v) is 12.5. The predicted octanol–water partition coefficient (Wildman–Crippen LogP) is 3.67. The second-order valence-electron chi connectivity index (χ2n) is 5.92. The van der Waals surface area contributed by atoms with Crippen LogP contribution in [-0.4, -0.2) is 24.0 Å². The van der Waals surface area contributed by atoms with E-state index in [2.05, 4.69) is 59.5 Å². The summed E-state index contributed by atoms with van der Waals surface area (Å²) in [6, 6.07) is 20.1. The summed E-state index contributed by atoms with van der Waals surface area (Å²) in [5.74, 6) is 0. The first-order valence-corrected chi connectivity index (χ1v) is 7.95. The Labute approximate surface area is 127 Å². The van der Waals surface area contributed by atoms with Gasteiger partial charge in [-0.15, -0.1) is 0 Å². The molecule has 0 spiro atoms. The number of nitrogens with zero attached hydrogens (tertiary/aromatic N) is 1. The fraction of sp³-hybridized carbons (Fsp3) is 0.368. The van der Waals surface area contributed by atoms with E-state index in [1.54, 1.807) is 0 Å². The lowest BCUT2D eigenvalue weighted by Gasteiger charge is -2.35. The van der Waals surface area contributed by atoms with Gasteiger partial charge >= 0.3 is 0 Å². The van der Waals surface area contributed by atoms with Crippen LogP contribution < -0.4 is 5.73 Å². The van der Waals surface area contributed by atoms with Gasteiger partial charge in [-0.25, -0.2) is 0 Å². The summed E-state index contributed by atoms with van der Waals surface area (Å²) in [5, 5.41) is 0. The van der Waals surface area contributed by atoms with E-state index < -0.39 is 0 Å². The summed E-state index contributed by atoms with van der Waals surface area (Å²) < 4.78 is 0. The zero-order valence-electron chi connectivity index (χ0n) is 12.5. The van der Waals surface area contributed by atoms with Gasteiger partial charge in [0.1, 0.15) is 0 Å². The SMILES string of the molecule is NCC1CCCCN1Cc1ccc(-c2ccccc2)cc1. The van der Waals surface area contributed by atoms with Crippen LogP contribution in [0.5, 0.6) is 0 Å². The number of piperidine rings is 1. The van der Waals surface area contributed by atoms with Gasteiger partial charge < -0.3 is 5.73 Å². The molecule has 3 rings (SSSR count). The number of hydrogen-bond donors (Lipinski definition) is 1. The zero-order chi connectivity index (χ0) is 14.5. The molecule has 1 heterocycles. The van der Waals surface area contributed by atoms with Crippen LogP contribution in [0, 0.1) is 0 Å². The Bertz CT molecular complexity index is 548. The number of hydrogen-bond acceptors (Lipinski definition) is 2. The average molecular weight is 280 g/mol. The third-order valence-electron chi connectivity index (χ3n) is 4.47. The quantitative estimate of drug-likeness (QED) is 0.926. The predicted molar refractivity (Wildman–Crippen MR) is 89.0 cm³/mol. The van der Waals surface area contributed by atoms with Crippen LogP contribution in [0.15, 0.2) is 54.6 Å². The van der Waals surface area contributed by atoms with Gasteiger partial charge in [0.15, 0.2) is 0 Å². The third-order valence-corrected chi connectivity index (χ3v) is 4.47. The first-order valence-electron chi connectivity index (χ1n) is 7.95. The Morgan fingerprint density at radius 2 is 1.62 bits per heavy atom. The molecule has 2 nitrogen and oxygen atoms in total. The highest BCUT2D eigenvalue weighted by molar-refractivity contribution is 5.63. The molecule has 0 saturated carbocycles. The van der Waals surface area contributed by atoms with Crippen molar-refractivity contribution >= 4 is 0 Å². The van der Waals surface area contributed by atoms with Gasteiger partial charge in [0.05, 0.1) is 0 Å². The fourth-order valence-corrected chi connectivity index (χ4v) is 3.20. The van der Waals surface area contributed by atoms with Gasteiger partial charge in [0.25, 0.3) is 0 Å². The molecular weight excluding hydrogens is 256 g/mol. The van der Waals surface area contributed by atoms with Gasteiger partial charge in [0.2, 0.25) is 0 Å². The van der Waals surface area contributed by atoms with Crippen LogP contribution in [0.2, 0.25) is 0 Å². The van der Waals surface area contributed by atoms with Gasteiger partial charge in [-0.05, 0) is 36.1 Å². The van der Waals surface area contributed by atoms with E-state index in [1.807, 2.05) is 0 Å². The molecule has 1 aliphatic rings. The maximum absolute atomic E-state index is 5.91. The topological polar surface area (TPSA) is 29.3 Å². The Morgan fingerprint density at radius 3 is 2.33 bits per heavy atom. The smallest absolute Gasteiger partial charge is 0.0237 e. The Balaban J connectivity index is 1.69. The maximum Gasteiger partial charge on any atom is 0.0237 e. The van der Waals surface area contributed by atoms with Crippen molar-refractivity contribution in [1.29, 1.82) is 0 Å². The third kappa shape index (κ3) is 3.52. The molecule has 1 atom stereocenters. The normalized spacial score (nSPS) is 19.6. The monoisotopic (exact) mass is 280 g/mol. The molecule has 2 aromatic carbocycles. The second kappa shape index (κ2) is 6.88. The Hall–Kier alpha value is -1.64. The van der Waals surface area contributed by atoms with E-state index in [-0.39, 0.29) is 0 Å². The Morgan fingerprint density at radius 1 is 0.905 bits per heavy atom. The van der Waals surface area contributed by atoms with Gasteiger partial charge in [-0.1, -0.05) is 61.0 Å². The highest BCUT2D eigenvalue weighted by Crippen LogP contribution is 2.22. The molecule has 0 aliphatic carbocycles. The van der Waals surface area contributed by atoms with E-state index in [0.717, 1.165) is 13.1 Å². The molecule has 1 fully saturated rings. The summed E-state index contributed by atoms with van der Waals surface area (Å²) >= 11 is 0. The maximum atomic E-state index is 5.91. The molecule has 1 aliphatic heterocycles. The average Bonchev–Trinajstić information content (AvgIpc) is 2.57. The van der Waals surface area contributed by atoms with Crippen LogP contribution >= 0.6 is 0 Å². The van der Waals surface area contributed by atoms with Gasteiger partial charge in [-0.3, -0.25) is 4.90 Å². The number of nitrogens with two attached hydrogens (primary N) is 1. The molecule has 0 aromatic heterocycles. The summed E-state index contributed by atoms with van der Waals surface area (Å²) in [5.41, 5.74) is 9.86.